The van der Waals surface area contributed by atoms with Gasteiger partial charge in [0.25, 0.3) is 0 Å². The number of hydrogen-bond acceptors (Lipinski definition) is 7. The molecule has 1 saturated heterocycles. The maximum absolute atomic E-state index is 13.1. The number of allylic oxidation sites excluding steroid dienone is 1. The molecule has 30 heavy (non-hydrogen) atoms. The summed E-state index contributed by atoms with van der Waals surface area (Å²) in [6.07, 6.45) is 2.18. The molecule has 0 aromatic heterocycles. The van der Waals surface area contributed by atoms with E-state index in [2.05, 4.69) is 11.6 Å². The molecular weight excluding hydrogens is 404 g/mol. The largest absolute Gasteiger partial charge is 0.493 e. The molecule has 1 fully saturated rings. The van der Waals surface area contributed by atoms with Gasteiger partial charge in [-0.3, -0.25) is 9.69 Å². The molecule has 0 aliphatic carbocycles. The average Bonchev–Trinajstić information content (AvgIpc) is 3.06. The predicted molar refractivity (Wildman–Crippen MR) is 117 cm³/mol. The van der Waals surface area contributed by atoms with Crippen molar-refractivity contribution in [2.75, 3.05) is 20.3 Å². The van der Waals surface area contributed by atoms with Crippen molar-refractivity contribution in [3.8, 4) is 11.5 Å². The van der Waals surface area contributed by atoms with Crippen LogP contribution in [0.3, 0.4) is 0 Å². The van der Waals surface area contributed by atoms with Crippen LogP contribution in [0.25, 0.3) is 0 Å². The quantitative estimate of drug-likeness (QED) is 0.460. The fourth-order valence-corrected chi connectivity index (χ4v) is 4.64. The lowest BCUT2D eigenvalue weighted by Crippen LogP contribution is -2.40. The highest BCUT2D eigenvalue weighted by atomic mass is 32.2. The number of fused-ring (bicyclic) bond motifs is 1. The molecule has 2 atom stereocenters. The van der Waals surface area contributed by atoms with E-state index in [1.807, 2.05) is 19.9 Å². The van der Waals surface area contributed by atoms with Crippen molar-refractivity contribution >= 4 is 28.8 Å². The van der Waals surface area contributed by atoms with E-state index in [9.17, 15) is 9.59 Å². The van der Waals surface area contributed by atoms with Gasteiger partial charge < -0.3 is 14.2 Å². The number of hydrogen-bond donors (Lipinski definition) is 0. The standard InChI is InChI=1S/C22H26N2O5S/c1-6-11-29-21(26)18-13(4)23-22-24(20(25)17(7-2)30-22)19(18)14-9-10-15(28-8-3)16(12-14)27-5/h6,9-10,12,17,19H,1,7-8,11H2,2-5H3/t17-,19+/m1/s1. The average molecular weight is 431 g/mol. The van der Waals surface area contributed by atoms with Crippen LogP contribution in [0.2, 0.25) is 0 Å². The van der Waals surface area contributed by atoms with Crippen LogP contribution >= 0.6 is 11.8 Å². The highest BCUT2D eigenvalue weighted by Crippen LogP contribution is 2.45. The summed E-state index contributed by atoms with van der Waals surface area (Å²) in [6.45, 7) is 9.77. The maximum Gasteiger partial charge on any atom is 0.338 e. The van der Waals surface area contributed by atoms with Crippen LogP contribution in [-0.2, 0) is 14.3 Å². The van der Waals surface area contributed by atoms with Crippen molar-refractivity contribution in [2.24, 2.45) is 4.99 Å². The van der Waals surface area contributed by atoms with Gasteiger partial charge in [-0.25, -0.2) is 9.79 Å². The van der Waals surface area contributed by atoms with E-state index in [4.69, 9.17) is 14.2 Å². The molecule has 0 N–H and O–H groups in total. The zero-order valence-electron chi connectivity index (χ0n) is 17.6. The smallest absolute Gasteiger partial charge is 0.338 e. The molecule has 3 rings (SSSR count). The molecular formula is C22H26N2O5S. The minimum atomic E-state index is -0.657. The van der Waals surface area contributed by atoms with Crippen LogP contribution < -0.4 is 9.47 Å². The number of methoxy groups -OCH3 is 1. The van der Waals surface area contributed by atoms with Gasteiger partial charge in [0, 0.05) is 0 Å². The number of benzene rings is 1. The molecule has 0 saturated carbocycles. The van der Waals surface area contributed by atoms with Gasteiger partial charge in [0.05, 0.1) is 36.3 Å². The van der Waals surface area contributed by atoms with Gasteiger partial charge in [-0.05, 0) is 38.0 Å². The number of esters is 1. The Morgan fingerprint density at radius 2 is 2.10 bits per heavy atom. The molecule has 0 spiro atoms. The lowest BCUT2D eigenvalue weighted by atomic mass is 9.94. The lowest BCUT2D eigenvalue weighted by molar-refractivity contribution is -0.139. The van der Waals surface area contributed by atoms with Gasteiger partial charge in [0.15, 0.2) is 16.7 Å². The first-order valence-corrected chi connectivity index (χ1v) is 10.7. The van der Waals surface area contributed by atoms with Crippen molar-refractivity contribution in [3.63, 3.8) is 0 Å². The topological polar surface area (TPSA) is 77.4 Å². The molecule has 8 heteroatoms. The number of aliphatic imine (C=N–C) groups is 1. The summed E-state index contributed by atoms with van der Waals surface area (Å²) in [4.78, 5) is 32.2. The fourth-order valence-electron chi connectivity index (χ4n) is 3.51. The van der Waals surface area contributed by atoms with E-state index >= 15 is 0 Å². The zero-order chi connectivity index (χ0) is 21.8. The lowest BCUT2D eigenvalue weighted by Gasteiger charge is -2.33. The molecule has 160 valence electrons. The van der Waals surface area contributed by atoms with E-state index < -0.39 is 12.0 Å². The van der Waals surface area contributed by atoms with Crippen molar-refractivity contribution in [1.82, 2.24) is 4.90 Å². The molecule has 7 nitrogen and oxygen atoms in total. The summed E-state index contributed by atoms with van der Waals surface area (Å²) in [5, 5.41) is 0.370. The molecule has 0 unspecified atom stereocenters. The number of amidine groups is 1. The number of nitrogens with zero attached hydrogens (tertiary/aromatic N) is 2. The summed E-state index contributed by atoms with van der Waals surface area (Å²) in [6, 6.07) is 4.77. The van der Waals surface area contributed by atoms with E-state index in [1.54, 1.807) is 31.1 Å². The Morgan fingerprint density at radius 1 is 1.33 bits per heavy atom. The van der Waals surface area contributed by atoms with Gasteiger partial charge in [0.1, 0.15) is 6.61 Å². The molecule has 1 aromatic carbocycles. The Kier molecular flexibility index (Phi) is 6.87. The normalized spacial score (nSPS) is 20.6. The number of carbonyl (C=O) groups is 2. The van der Waals surface area contributed by atoms with E-state index in [1.165, 1.54) is 17.8 Å². The second kappa shape index (κ2) is 9.38. The van der Waals surface area contributed by atoms with Crippen LogP contribution in [0.5, 0.6) is 11.5 Å². The summed E-state index contributed by atoms with van der Waals surface area (Å²) < 4.78 is 16.4. The number of thioether (sulfide) groups is 1. The highest BCUT2D eigenvalue weighted by molar-refractivity contribution is 8.15. The van der Waals surface area contributed by atoms with Crippen molar-refractivity contribution in [3.05, 3.63) is 47.7 Å². The minimum Gasteiger partial charge on any atom is -0.493 e. The van der Waals surface area contributed by atoms with Crippen LogP contribution in [0.1, 0.15) is 38.8 Å². The summed E-state index contributed by atoms with van der Waals surface area (Å²) in [5.41, 5.74) is 1.58. The van der Waals surface area contributed by atoms with Gasteiger partial charge >= 0.3 is 5.97 Å². The van der Waals surface area contributed by atoms with Gasteiger partial charge in [-0.1, -0.05) is 37.4 Å². The first-order valence-electron chi connectivity index (χ1n) is 9.84. The van der Waals surface area contributed by atoms with Crippen molar-refractivity contribution in [1.29, 1.82) is 0 Å². The molecule has 1 aromatic rings. The minimum absolute atomic E-state index is 0.0689. The van der Waals surface area contributed by atoms with Crippen molar-refractivity contribution < 1.29 is 23.8 Å². The first-order chi connectivity index (χ1) is 14.5. The molecule has 0 bridgehead atoms. The van der Waals surface area contributed by atoms with Crippen LogP contribution in [-0.4, -0.2) is 47.5 Å². The van der Waals surface area contributed by atoms with Gasteiger partial charge in [-0.15, -0.1) is 0 Å². The zero-order valence-corrected chi connectivity index (χ0v) is 18.5. The maximum atomic E-state index is 13.1. The number of rotatable bonds is 8. The molecule has 2 aliphatic heterocycles. The summed E-state index contributed by atoms with van der Waals surface area (Å²) in [7, 11) is 1.56. The molecule has 2 heterocycles. The fraction of sp³-hybridized carbons (Fsp3) is 0.409. The Balaban J connectivity index is 2.13. The number of amides is 1. The molecule has 0 radical (unpaired) electrons. The number of carbonyl (C=O) groups excluding carboxylic acids is 2. The van der Waals surface area contributed by atoms with E-state index in [0.717, 1.165) is 5.56 Å². The van der Waals surface area contributed by atoms with Crippen LogP contribution in [0, 0.1) is 0 Å². The van der Waals surface area contributed by atoms with E-state index in [0.29, 0.717) is 41.0 Å². The van der Waals surface area contributed by atoms with Gasteiger partial charge in [-0.2, -0.15) is 0 Å². The third kappa shape index (κ3) is 3.96. The first kappa shape index (κ1) is 22.0. The Morgan fingerprint density at radius 3 is 2.73 bits per heavy atom. The number of ether oxygens (including phenoxy) is 3. The Labute approximate surface area is 180 Å². The second-order valence-electron chi connectivity index (χ2n) is 6.75. The SMILES string of the molecule is C=CCOC(=O)C1=C(C)N=C2S[C@H](CC)C(=O)N2[C@H]1c1ccc(OCC)c(OC)c1. The van der Waals surface area contributed by atoms with Crippen molar-refractivity contribution in [2.45, 2.75) is 38.5 Å². The molecule has 2 aliphatic rings. The third-order valence-electron chi connectivity index (χ3n) is 4.88. The Bertz CT molecular complexity index is 924. The summed E-state index contributed by atoms with van der Waals surface area (Å²) in [5.74, 6) is 0.533. The third-order valence-corrected chi connectivity index (χ3v) is 6.20. The molecule has 1 amide bonds. The predicted octanol–water partition coefficient (Wildman–Crippen LogP) is 3.86. The monoisotopic (exact) mass is 430 g/mol. The summed E-state index contributed by atoms with van der Waals surface area (Å²) >= 11 is 1.43. The van der Waals surface area contributed by atoms with Crippen LogP contribution in [0.4, 0.5) is 0 Å². The second-order valence-corrected chi connectivity index (χ2v) is 7.92. The Hall–Kier alpha value is -2.74. The van der Waals surface area contributed by atoms with Crippen LogP contribution in [0.15, 0.2) is 47.1 Å². The van der Waals surface area contributed by atoms with Gasteiger partial charge in [0.2, 0.25) is 5.91 Å². The van der Waals surface area contributed by atoms with E-state index in [-0.39, 0.29) is 17.8 Å². The highest BCUT2D eigenvalue weighted by Gasteiger charge is 2.47.